The molecule has 0 fully saturated rings. The van der Waals surface area contributed by atoms with Crippen molar-refractivity contribution in [3.8, 4) is 11.4 Å². The molecule has 20 heavy (non-hydrogen) atoms. The van der Waals surface area contributed by atoms with Crippen LogP contribution in [0.15, 0.2) is 24.3 Å². The minimum absolute atomic E-state index is 0.0720. The molecule has 7 nitrogen and oxygen atoms in total. The van der Waals surface area contributed by atoms with E-state index in [4.69, 9.17) is 0 Å². The summed E-state index contributed by atoms with van der Waals surface area (Å²) in [5.74, 6) is 0.390. The lowest BCUT2D eigenvalue weighted by Crippen LogP contribution is -2.33. The number of carbonyl (C=O) groups is 1. The minimum atomic E-state index is -0.131. The number of hydrogen-bond donors (Lipinski definition) is 2. The van der Waals surface area contributed by atoms with Crippen LogP contribution in [-0.2, 0) is 11.3 Å². The SMILES string of the molecule is CNCCNC(=O)Cn1nnc(-c2ccc(C)cc2)n1. The first kappa shape index (κ1) is 14.1. The highest BCUT2D eigenvalue weighted by Gasteiger charge is 2.08. The molecule has 7 heteroatoms. The number of nitrogens with zero attached hydrogens (tertiary/aromatic N) is 4. The van der Waals surface area contributed by atoms with E-state index in [2.05, 4.69) is 26.0 Å². The number of likely N-dealkylation sites (N-methyl/N-ethyl adjacent to an activating group) is 1. The van der Waals surface area contributed by atoms with Crippen molar-refractivity contribution in [1.82, 2.24) is 30.8 Å². The monoisotopic (exact) mass is 274 g/mol. The number of carbonyl (C=O) groups excluding carboxylic acids is 1. The normalized spacial score (nSPS) is 10.5. The van der Waals surface area contributed by atoms with Gasteiger partial charge in [-0.3, -0.25) is 4.79 Å². The number of rotatable bonds is 6. The third-order valence-corrected chi connectivity index (χ3v) is 2.74. The Balaban J connectivity index is 1.95. The molecule has 1 amide bonds. The largest absolute Gasteiger partial charge is 0.353 e. The Kier molecular flexibility index (Phi) is 4.78. The molecule has 0 saturated heterocycles. The van der Waals surface area contributed by atoms with Crippen molar-refractivity contribution in [1.29, 1.82) is 0 Å². The van der Waals surface area contributed by atoms with Gasteiger partial charge in [-0.2, -0.15) is 4.80 Å². The van der Waals surface area contributed by atoms with E-state index in [1.54, 1.807) is 0 Å². The van der Waals surface area contributed by atoms with Crippen LogP contribution in [0.4, 0.5) is 0 Å². The van der Waals surface area contributed by atoms with Gasteiger partial charge in [-0.25, -0.2) is 0 Å². The number of tetrazole rings is 1. The standard InChI is InChI=1S/C13H18N6O/c1-10-3-5-11(6-4-10)13-16-18-19(17-13)9-12(20)15-8-7-14-2/h3-6,14H,7-9H2,1-2H3,(H,15,20). The average Bonchev–Trinajstić information content (AvgIpc) is 2.88. The molecule has 1 aromatic heterocycles. The van der Waals surface area contributed by atoms with Gasteiger partial charge in [0.15, 0.2) is 0 Å². The van der Waals surface area contributed by atoms with Crippen LogP contribution in [0.3, 0.4) is 0 Å². The summed E-state index contributed by atoms with van der Waals surface area (Å²) in [6, 6.07) is 7.84. The highest BCUT2D eigenvalue weighted by Crippen LogP contribution is 2.13. The molecule has 0 spiro atoms. The Morgan fingerprint density at radius 3 is 2.70 bits per heavy atom. The zero-order chi connectivity index (χ0) is 14.4. The number of nitrogens with one attached hydrogen (secondary N) is 2. The van der Waals surface area contributed by atoms with Gasteiger partial charge in [0.2, 0.25) is 11.7 Å². The van der Waals surface area contributed by atoms with E-state index >= 15 is 0 Å². The van der Waals surface area contributed by atoms with Crippen LogP contribution in [0.5, 0.6) is 0 Å². The summed E-state index contributed by atoms with van der Waals surface area (Å²) in [5, 5.41) is 17.7. The van der Waals surface area contributed by atoms with Gasteiger partial charge in [0.1, 0.15) is 6.54 Å². The van der Waals surface area contributed by atoms with Crippen LogP contribution in [0.2, 0.25) is 0 Å². The third-order valence-electron chi connectivity index (χ3n) is 2.74. The van der Waals surface area contributed by atoms with Crippen molar-refractivity contribution >= 4 is 5.91 Å². The molecule has 1 heterocycles. The summed E-state index contributed by atoms with van der Waals surface area (Å²) in [5.41, 5.74) is 2.06. The van der Waals surface area contributed by atoms with Crippen LogP contribution in [0, 0.1) is 6.92 Å². The molecule has 0 atom stereocenters. The summed E-state index contributed by atoms with van der Waals surface area (Å²) in [7, 11) is 1.83. The lowest BCUT2D eigenvalue weighted by molar-refractivity contribution is -0.122. The van der Waals surface area contributed by atoms with E-state index in [1.807, 2.05) is 38.2 Å². The Hall–Kier alpha value is -2.28. The van der Waals surface area contributed by atoms with Gasteiger partial charge in [0, 0.05) is 18.7 Å². The topological polar surface area (TPSA) is 84.7 Å². The van der Waals surface area contributed by atoms with Crippen molar-refractivity contribution in [2.45, 2.75) is 13.5 Å². The summed E-state index contributed by atoms with van der Waals surface area (Å²) in [6.45, 7) is 3.39. The second kappa shape index (κ2) is 6.76. The lowest BCUT2D eigenvalue weighted by Gasteiger charge is -2.03. The summed E-state index contributed by atoms with van der Waals surface area (Å²) in [6.07, 6.45) is 0. The molecular weight excluding hydrogens is 256 g/mol. The van der Waals surface area contributed by atoms with Gasteiger partial charge in [-0.1, -0.05) is 29.8 Å². The Labute approximate surface area is 117 Å². The fourth-order valence-electron chi connectivity index (χ4n) is 1.64. The number of aryl methyl sites for hydroxylation is 1. The smallest absolute Gasteiger partial charge is 0.243 e. The second-order valence-corrected chi connectivity index (χ2v) is 4.46. The lowest BCUT2D eigenvalue weighted by atomic mass is 10.1. The van der Waals surface area contributed by atoms with E-state index < -0.39 is 0 Å². The third kappa shape index (κ3) is 3.86. The summed E-state index contributed by atoms with van der Waals surface area (Å²) < 4.78 is 0. The maximum Gasteiger partial charge on any atom is 0.243 e. The number of amides is 1. The highest BCUT2D eigenvalue weighted by molar-refractivity contribution is 5.75. The maximum absolute atomic E-state index is 11.6. The molecule has 0 aliphatic rings. The van der Waals surface area contributed by atoms with E-state index in [0.29, 0.717) is 12.4 Å². The molecule has 0 saturated carbocycles. The number of aromatic nitrogens is 4. The Morgan fingerprint density at radius 1 is 1.25 bits per heavy atom. The van der Waals surface area contributed by atoms with Crippen LogP contribution < -0.4 is 10.6 Å². The first-order valence-corrected chi connectivity index (χ1v) is 6.45. The van der Waals surface area contributed by atoms with Crippen molar-refractivity contribution < 1.29 is 4.79 Å². The second-order valence-electron chi connectivity index (χ2n) is 4.46. The molecule has 106 valence electrons. The molecular formula is C13H18N6O. The van der Waals surface area contributed by atoms with Gasteiger partial charge in [-0.05, 0) is 19.2 Å². The predicted molar refractivity (Wildman–Crippen MR) is 74.9 cm³/mol. The fraction of sp³-hybridized carbons (Fsp3) is 0.385. The minimum Gasteiger partial charge on any atom is -0.353 e. The van der Waals surface area contributed by atoms with E-state index in [0.717, 1.165) is 12.1 Å². The van der Waals surface area contributed by atoms with E-state index in [9.17, 15) is 4.79 Å². The van der Waals surface area contributed by atoms with Crippen LogP contribution in [0.1, 0.15) is 5.56 Å². The van der Waals surface area contributed by atoms with Gasteiger partial charge >= 0.3 is 0 Å². The van der Waals surface area contributed by atoms with Crippen LogP contribution >= 0.6 is 0 Å². The van der Waals surface area contributed by atoms with Crippen LogP contribution in [-0.4, -0.2) is 46.3 Å². The Bertz CT molecular complexity index is 562. The number of hydrogen-bond acceptors (Lipinski definition) is 5. The quantitative estimate of drug-likeness (QED) is 0.723. The molecule has 0 unspecified atom stereocenters. The Morgan fingerprint density at radius 2 is 2.00 bits per heavy atom. The molecule has 2 rings (SSSR count). The summed E-state index contributed by atoms with van der Waals surface area (Å²) in [4.78, 5) is 12.9. The van der Waals surface area contributed by atoms with E-state index in [-0.39, 0.29) is 12.5 Å². The predicted octanol–water partition coefficient (Wildman–Crippen LogP) is -0.0159. The van der Waals surface area contributed by atoms with E-state index in [1.165, 1.54) is 10.4 Å². The number of benzene rings is 1. The van der Waals surface area contributed by atoms with Crippen LogP contribution in [0.25, 0.3) is 11.4 Å². The van der Waals surface area contributed by atoms with Crippen molar-refractivity contribution in [2.75, 3.05) is 20.1 Å². The zero-order valence-electron chi connectivity index (χ0n) is 11.6. The molecule has 2 aromatic rings. The van der Waals surface area contributed by atoms with Crippen molar-refractivity contribution in [3.63, 3.8) is 0 Å². The molecule has 0 bridgehead atoms. The first-order valence-electron chi connectivity index (χ1n) is 6.45. The molecule has 2 N–H and O–H groups in total. The zero-order valence-corrected chi connectivity index (χ0v) is 11.6. The van der Waals surface area contributed by atoms with Gasteiger partial charge in [0.25, 0.3) is 0 Å². The van der Waals surface area contributed by atoms with Gasteiger partial charge < -0.3 is 10.6 Å². The van der Waals surface area contributed by atoms with Crippen molar-refractivity contribution in [3.05, 3.63) is 29.8 Å². The fourth-order valence-corrected chi connectivity index (χ4v) is 1.64. The molecule has 0 aliphatic heterocycles. The first-order chi connectivity index (χ1) is 9.69. The van der Waals surface area contributed by atoms with Gasteiger partial charge in [-0.15, -0.1) is 10.2 Å². The molecule has 0 radical (unpaired) electrons. The average molecular weight is 274 g/mol. The molecule has 0 aliphatic carbocycles. The molecule has 1 aromatic carbocycles. The highest BCUT2D eigenvalue weighted by atomic mass is 16.2. The van der Waals surface area contributed by atoms with Crippen molar-refractivity contribution in [2.24, 2.45) is 0 Å². The van der Waals surface area contributed by atoms with Gasteiger partial charge in [0.05, 0.1) is 0 Å². The maximum atomic E-state index is 11.6. The summed E-state index contributed by atoms with van der Waals surface area (Å²) >= 11 is 0.